The minimum atomic E-state index is -0.805. The monoisotopic (exact) mass is 212 g/mol. The van der Waals surface area contributed by atoms with Gasteiger partial charge in [-0.05, 0) is 19.4 Å². The molecule has 0 aliphatic carbocycles. The Bertz CT molecular complexity index is 337. The summed E-state index contributed by atoms with van der Waals surface area (Å²) in [4.78, 5) is 14.2. The second-order valence-electron chi connectivity index (χ2n) is 4.04. The average Bonchev–Trinajstić information content (AvgIpc) is 2.47. The van der Waals surface area contributed by atoms with Crippen molar-refractivity contribution >= 4 is 5.91 Å². The molecular weight excluding hydrogens is 200 g/mol. The number of rotatable bonds is 1. The highest BCUT2D eigenvalue weighted by Crippen LogP contribution is 2.32. The van der Waals surface area contributed by atoms with Crippen molar-refractivity contribution in [2.45, 2.75) is 37.9 Å². The molecule has 2 heterocycles. The Morgan fingerprint density at radius 2 is 2.33 bits per heavy atom. The summed E-state index contributed by atoms with van der Waals surface area (Å²) in [5, 5.41) is 6.20. The Balaban J connectivity index is 2.23. The molecule has 82 valence electrons. The van der Waals surface area contributed by atoms with E-state index in [1.807, 2.05) is 0 Å². The predicted octanol–water partition coefficient (Wildman–Crippen LogP) is 0.315. The first-order chi connectivity index (χ1) is 7.03. The molecule has 0 aromatic heterocycles. The van der Waals surface area contributed by atoms with Crippen LogP contribution in [0.4, 0.5) is 0 Å². The fourth-order valence-electron chi connectivity index (χ4n) is 1.87. The summed E-state index contributed by atoms with van der Waals surface area (Å²) in [7, 11) is 0. The molecule has 7 nitrogen and oxygen atoms in total. The lowest BCUT2D eigenvalue weighted by Crippen LogP contribution is -2.54. The van der Waals surface area contributed by atoms with E-state index in [1.165, 1.54) is 0 Å². The van der Waals surface area contributed by atoms with Gasteiger partial charge in [0.15, 0.2) is 11.9 Å². The summed E-state index contributed by atoms with van der Waals surface area (Å²) in [6.45, 7) is 3.75. The zero-order valence-electron chi connectivity index (χ0n) is 8.51. The minimum Gasteiger partial charge on any atom is -0.353 e. The van der Waals surface area contributed by atoms with Crippen molar-refractivity contribution < 1.29 is 14.3 Å². The zero-order valence-corrected chi connectivity index (χ0v) is 8.51. The Morgan fingerprint density at radius 1 is 1.60 bits per heavy atom. The molecule has 0 unspecified atom stereocenters. The topological polar surface area (TPSA) is 96.3 Å². The Labute approximate surface area is 86.4 Å². The van der Waals surface area contributed by atoms with E-state index in [-0.39, 0.29) is 5.91 Å². The summed E-state index contributed by atoms with van der Waals surface area (Å²) < 4.78 is 11.0. The van der Waals surface area contributed by atoms with Crippen LogP contribution in [0, 0.1) is 0 Å². The second kappa shape index (κ2) is 3.37. The van der Waals surface area contributed by atoms with E-state index in [1.54, 1.807) is 13.8 Å². The van der Waals surface area contributed by atoms with Crippen LogP contribution in [0.15, 0.2) is 5.11 Å². The standard InChI is InChI=1S/C8H12N4O3/c1-8(2)14-5-4(11-12-9)3-10-7(13)6(5)15-8/h4-6H,3H2,1-2H3,(H,10,13)/t4-,5+,6+/m0/s1. The number of hydrogen-bond acceptors (Lipinski definition) is 4. The Morgan fingerprint density at radius 3 is 3.00 bits per heavy atom. The van der Waals surface area contributed by atoms with Crippen LogP contribution in [0.5, 0.6) is 0 Å². The quantitative estimate of drug-likeness (QED) is 0.385. The molecule has 0 radical (unpaired) electrons. The van der Waals surface area contributed by atoms with Gasteiger partial charge in [0.25, 0.3) is 5.91 Å². The number of ether oxygens (including phenoxy) is 2. The molecule has 3 atom stereocenters. The number of azide groups is 1. The van der Waals surface area contributed by atoms with Crippen LogP contribution in [0.2, 0.25) is 0 Å². The van der Waals surface area contributed by atoms with E-state index >= 15 is 0 Å². The maximum Gasteiger partial charge on any atom is 0.252 e. The van der Waals surface area contributed by atoms with E-state index < -0.39 is 24.0 Å². The molecule has 2 fully saturated rings. The molecule has 7 heteroatoms. The van der Waals surface area contributed by atoms with Crippen molar-refractivity contribution in [2.75, 3.05) is 6.54 Å². The van der Waals surface area contributed by atoms with Gasteiger partial charge < -0.3 is 14.8 Å². The highest BCUT2D eigenvalue weighted by Gasteiger charge is 2.50. The summed E-state index contributed by atoms with van der Waals surface area (Å²) in [5.74, 6) is -1.02. The summed E-state index contributed by atoms with van der Waals surface area (Å²) in [5.41, 5.74) is 8.38. The fraction of sp³-hybridized carbons (Fsp3) is 0.875. The molecule has 1 N–H and O–H groups in total. The van der Waals surface area contributed by atoms with Crippen LogP contribution >= 0.6 is 0 Å². The van der Waals surface area contributed by atoms with E-state index in [2.05, 4.69) is 15.3 Å². The fourth-order valence-corrected chi connectivity index (χ4v) is 1.87. The number of nitrogens with zero attached hydrogens (tertiary/aromatic N) is 3. The van der Waals surface area contributed by atoms with E-state index in [4.69, 9.17) is 15.0 Å². The summed E-state index contributed by atoms with van der Waals surface area (Å²) in [6, 6.07) is -0.403. The molecule has 2 aliphatic rings. The third-order valence-electron chi connectivity index (χ3n) is 2.45. The molecule has 1 amide bonds. The van der Waals surface area contributed by atoms with Crippen molar-refractivity contribution in [3.63, 3.8) is 0 Å². The second-order valence-corrected chi connectivity index (χ2v) is 4.04. The minimum absolute atomic E-state index is 0.213. The van der Waals surface area contributed by atoms with Crippen LogP contribution in [0.25, 0.3) is 10.4 Å². The predicted molar refractivity (Wildman–Crippen MR) is 49.8 cm³/mol. The van der Waals surface area contributed by atoms with Crippen LogP contribution in [-0.4, -0.2) is 36.5 Å². The van der Waals surface area contributed by atoms with Gasteiger partial charge in [0.2, 0.25) is 0 Å². The number of fused-ring (bicyclic) bond motifs is 1. The largest absolute Gasteiger partial charge is 0.353 e. The maximum absolute atomic E-state index is 11.5. The number of carbonyl (C=O) groups is 1. The van der Waals surface area contributed by atoms with Crippen LogP contribution in [0.3, 0.4) is 0 Å². The average molecular weight is 212 g/mol. The summed E-state index contributed by atoms with van der Waals surface area (Å²) >= 11 is 0. The number of piperidine rings is 1. The zero-order chi connectivity index (χ0) is 11.1. The molecule has 2 rings (SSSR count). The number of nitrogens with one attached hydrogen (secondary N) is 1. The number of amides is 1. The van der Waals surface area contributed by atoms with Gasteiger partial charge in [-0.2, -0.15) is 0 Å². The van der Waals surface area contributed by atoms with E-state index in [0.29, 0.717) is 6.54 Å². The normalized spacial score (nSPS) is 37.7. The lowest BCUT2D eigenvalue weighted by atomic mass is 10.0. The highest BCUT2D eigenvalue weighted by molar-refractivity contribution is 5.83. The third-order valence-corrected chi connectivity index (χ3v) is 2.45. The molecule has 2 aliphatic heterocycles. The Kier molecular flexibility index (Phi) is 2.30. The molecule has 0 spiro atoms. The molecule has 2 saturated heterocycles. The van der Waals surface area contributed by atoms with Gasteiger partial charge in [0.1, 0.15) is 6.10 Å². The van der Waals surface area contributed by atoms with Crippen molar-refractivity contribution in [3.05, 3.63) is 10.4 Å². The maximum atomic E-state index is 11.5. The van der Waals surface area contributed by atoms with Crippen LogP contribution in [0.1, 0.15) is 13.8 Å². The number of carbonyl (C=O) groups excluding carboxylic acids is 1. The van der Waals surface area contributed by atoms with Crippen LogP contribution < -0.4 is 5.32 Å². The lowest BCUT2D eigenvalue weighted by molar-refractivity contribution is -0.154. The lowest BCUT2D eigenvalue weighted by Gasteiger charge is -2.27. The first-order valence-electron chi connectivity index (χ1n) is 4.71. The molecule has 0 saturated carbocycles. The highest BCUT2D eigenvalue weighted by atomic mass is 16.8. The van der Waals surface area contributed by atoms with Crippen molar-refractivity contribution in [3.8, 4) is 0 Å². The van der Waals surface area contributed by atoms with Crippen molar-refractivity contribution in [1.29, 1.82) is 0 Å². The van der Waals surface area contributed by atoms with E-state index in [9.17, 15) is 4.79 Å². The molecular formula is C8H12N4O3. The number of hydrogen-bond donors (Lipinski definition) is 1. The van der Waals surface area contributed by atoms with Gasteiger partial charge in [0.05, 0.1) is 6.04 Å². The molecule has 0 aromatic rings. The third kappa shape index (κ3) is 1.77. The van der Waals surface area contributed by atoms with Gasteiger partial charge in [-0.15, -0.1) is 0 Å². The Hall–Kier alpha value is -1.30. The summed E-state index contributed by atoms with van der Waals surface area (Å²) in [6.07, 6.45) is -1.16. The van der Waals surface area contributed by atoms with Gasteiger partial charge in [0, 0.05) is 11.5 Å². The smallest absolute Gasteiger partial charge is 0.252 e. The van der Waals surface area contributed by atoms with Gasteiger partial charge >= 0.3 is 0 Å². The molecule has 0 aromatic carbocycles. The van der Waals surface area contributed by atoms with Crippen molar-refractivity contribution in [2.24, 2.45) is 5.11 Å². The van der Waals surface area contributed by atoms with E-state index in [0.717, 1.165) is 0 Å². The first-order valence-corrected chi connectivity index (χ1v) is 4.71. The molecule has 0 bridgehead atoms. The molecule has 15 heavy (non-hydrogen) atoms. The van der Waals surface area contributed by atoms with Gasteiger partial charge in [-0.3, -0.25) is 4.79 Å². The SMILES string of the molecule is CC1(C)O[C@@H]2[C@@H](N=[N+]=[N-])CNC(=O)[C@@H]2O1. The first kappa shape index (κ1) is 10.2. The van der Waals surface area contributed by atoms with Gasteiger partial charge in [-0.25, -0.2) is 0 Å². The van der Waals surface area contributed by atoms with Crippen molar-refractivity contribution in [1.82, 2.24) is 5.32 Å². The van der Waals surface area contributed by atoms with Gasteiger partial charge in [-0.1, -0.05) is 5.11 Å². The van der Waals surface area contributed by atoms with Crippen LogP contribution in [-0.2, 0) is 14.3 Å².